The summed E-state index contributed by atoms with van der Waals surface area (Å²) in [7, 11) is 3.15. The van der Waals surface area contributed by atoms with Crippen LogP contribution < -0.4 is 21.4 Å². The number of aromatic nitrogens is 4. The van der Waals surface area contributed by atoms with Gasteiger partial charge in [-0.3, -0.25) is 18.9 Å². The van der Waals surface area contributed by atoms with Crippen molar-refractivity contribution in [2.24, 2.45) is 12.1 Å². The first-order valence-corrected chi connectivity index (χ1v) is 9.71. The van der Waals surface area contributed by atoms with Crippen LogP contribution in [0.1, 0.15) is 11.1 Å². The number of hydrazone groups is 1. The lowest BCUT2D eigenvalue weighted by Crippen LogP contribution is -2.29. The maximum atomic E-state index is 12.6. The van der Waals surface area contributed by atoms with Crippen molar-refractivity contribution in [3.8, 4) is 5.75 Å². The highest BCUT2D eigenvalue weighted by Gasteiger charge is 2.17. The first-order valence-electron chi connectivity index (χ1n) is 9.33. The van der Waals surface area contributed by atoms with E-state index in [-0.39, 0.29) is 11.2 Å². The Morgan fingerprint density at radius 3 is 2.55 bits per heavy atom. The number of aromatic amines is 1. The predicted octanol–water partition coefficient (Wildman–Crippen LogP) is 2.58. The summed E-state index contributed by atoms with van der Waals surface area (Å²) in [5.74, 6) is 1.07. The molecule has 2 heterocycles. The van der Waals surface area contributed by atoms with Gasteiger partial charge in [-0.15, -0.1) is 0 Å². The van der Waals surface area contributed by atoms with Crippen LogP contribution >= 0.6 is 11.6 Å². The van der Waals surface area contributed by atoms with E-state index >= 15 is 0 Å². The SMILES string of the molecule is COc1ccc(/C=N/Nc2nc3c(c(=O)[nH]c(=O)n3C)n2Cc2ccc(Cl)cc2)cc1. The highest BCUT2D eigenvalue weighted by atomic mass is 35.5. The van der Waals surface area contributed by atoms with E-state index in [0.29, 0.717) is 17.5 Å². The highest BCUT2D eigenvalue weighted by Crippen LogP contribution is 2.19. The molecular formula is C21H19ClN6O3. The summed E-state index contributed by atoms with van der Waals surface area (Å²) < 4.78 is 8.10. The van der Waals surface area contributed by atoms with E-state index in [0.717, 1.165) is 16.9 Å². The zero-order valence-electron chi connectivity index (χ0n) is 16.8. The molecule has 10 heteroatoms. The zero-order chi connectivity index (χ0) is 22.0. The second-order valence-corrected chi connectivity index (χ2v) is 7.22. The summed E-state index contributed by atoms with van der Waals surface area (Å²) in [6.45, 7) is 0.329. The second kappa shape index (κ2) is 8.49. The average molecular weight is 439 g/mol. The highest BCUT2D eigenvalue weighted by molar-refractivity contribution is 6.30. The molecule has 0 atom stereocenters. The van der Waals surface area contributed by atoms with Crippen molar-refractivity contribution in [2.45, 2.75) is 6.54 Å². The van der Waals surface area contributed by atoms with Gasteiger partial charge in [0.05, 0.1) is 19.9 Å². The molecule has 31 heavy (non-hydrogen) atoms. The van der Waals surface area contributed by atoms with Crippen LogP contribution in [0.2, 0.25) is 5.02 Å². The Morgan fingerprint density at radius 2 is 1.87 bits per heavy atom. The van der Waals surface area contributed by atoms with Crippen LogP contribution in [0, 0.1) is 0 Å². The molecule has 0 aliphatic rings. The number of hydrogen-bond donors (Lipinski definition) is 2. The van der Waals surface area contributed by atoms with Crippen LogP contribution in [0.3, 0.4) is 0 Å². The first kappa shape index (κ1) is 20.4. The Hall–Kier alpha value is -3.85. The van der Waals surface area contributed by atoms with Gasteiger partial charge in [-0.1, -0.05) is 23.7 Å². The molecule has 0 fully saturated rings. The number of benzene rings is 2. The van der Waals surface area contributed by atoms with E-state index in [4.69, 9.17) is 16.3 Å². The molecule has 2 N–H and O–H groups in total. The molecule has 9 nitrogen and oxygen atoms in total. The first-order chi connectivity index (χ1) is 15.0. The van der Waals surface area contributed by atoms with Gasteiger partial charge >= 0.3 is 5.69 Å². The number of H-pyrrole nitrogens is 1. The minimum absolute atomic E-state index is 0.255. The largest absolute Gasteiger partial charge is 0.497 e. The van der Waals surface area contributed by atoms with Crippen molar-refractivity contribution in [3.63, 3.8) is 0 Å². The van der Waals surface area contributed by atoms with Gasteiger partial charge < -0.3 is 4.74 Å². The molecule has 4 aromatic rings. The van der Waals surface area contributed by atoms with Crippen molar-refractivity contribution in [1.29, 1.82) is 0 Å². The molecular weight excluding hydrogens is 420 g/mol. The smallest absolute Gasteiger partial charge is 0.329 e. The van der Waals surface area contributed by atoms with E-state index < -0.39 is 11.2 Å². The maximum absolute atomic E-state index is 12.6. The Bertz CT molecular complexity index is 1370. The minimum Gasteiger partial charge on any atom is -0.497 e. The van der Waals surface area contributed by atoms with Gasteiger partial charge in [0.15, 0.2) is 11.2 Å². The van der Waals surface area contributed by atoms with Gasteiger partial charge in [0.25, 0.3) is 5.56 Å². The molecule has 2 aromatic carbocycles. The van der Waals surface area contributed by atoms with Crippen LogP contribution in [0.5, 0.6) is 5.75 Å². The number of methoxy groups -OCH3 is 1. The summed E-state index contributed by atoms with van der Waals surface area (Å²) in [6.07, 6.45) is 1.62. The van der Waals surface area contributed by atoms with E-state index in [1.165, 1.54) is 4.57 Å². The van der Waals surface area contributed by atoms with E-state index in [9.17, 15) is 9.59 Å². The molecule has 0 saturated carbocycles. The van der Waals surface area contributed by atoms with Crippen LogP contribution in [-0.2, 0) is 13.6 Å². The lowest BCUT2D eigenvalue weighted by atomic mass is 10.2. The summed E-state index contributed by atoms with van der Waals surface area (Å²) in [4.78, 5) is 31.3. The van der Waals surface area contributed by atoms with Crippen LogP contribution in [0.4, 0.5) is 5.95 Å². The lowest BCUT2D eigenvalue weighted by Gasteiger charge is -2.08. The maximum Gasteiger partial charge on any atom is 0.329 e. The molecule has 0 aliphatic heterocycles. The molecule has 0 bridgehead atoms. The monoisotopic (exact) mass is 438 g/mol. The van der Waals surface area contributed by atoms with E-state index in [1.54, 1.807) is 37.1 Å². The fraction of sp³-hybridized carbons (Fsp3) is 0.143. The van der Waals surface area contributed by atoms with Gasteiger partial charge in [0.2, 0.25) is 5.95 Å². The zero-order valence-corrected chi connectivity index (χ0v) is 17.6. The van der Waals surface area contributed by atoms with Gasteiger partial charge in [-0.05, 0) is 47.5 Å². The lowest BCUT2D eigenvalue weighted by molar-refractivity contribution is 0.415. The number of hydrogen-bond acceptors (Lipinski definition) is 6. The third kappa shape index (κ3) is 4.22. The quantitative estimate of drug-likeness (QED) is 0.355. The van der Waals surface area contributed by atoms with E-state index in [2.05, 4.69) is 20.5 Å². The van der Waals surface area contributed by atoms with Crippen molar-refractivity contribution in [2.75, 3.05) is 12.5 Å². The summed E-state index contributed by atoms with van der Waals surface area (Å²) >= 11 is 5.98. The van der Waals surface area contributed by atoms with E-state index in [1.807, 2.05) is 36.4 Å². The minimum atomic E-state index is -0.540. The number of nitrogens with zero attached hydrogens (tertiary/aromatic N) is 4. The number of anilines is 1. The number of rotatable bonds is 6. The molecule has 0 saturated heterocycles. The molecule has 158 valence electrons. The van der Waals surface area contributed by atoms with Crippen molar-refractivity contribution in [3.05, 3.63) is 85.5 Å². The molecule has 0 amide bonds. The standard InChI is InChI=1S/C21H19ClN6O3/c1-27-18-17(19(29)25-21(27)30)28(12-14-3-7-15(22)8-4-14)20(24-18)26-23-11-13-5-9-16(31-2)10-6-13/h3-11H,12H2,1-2H3,(H,24,26)(H,25,29,30)/b23-11+. The normalized spacial score (nSPS) is 11.3. The van der Waals surface area contributed by atoms with Gasteiger partial charge in [-0.2, -0.15) is 10.1 Å². The fourth-order valence-electron chi connectivity index (χ4n) is 3.10. The third-order valence-electron chi connectivity index (χ3n) is 4.75. The Labute approximate surface area is 181 Å². The number of aryl methyl sites for hydroxylation is 1. The molecule has 0 spiro atoms. The van der Waals surface area contributed by atoms with Crippen molar-refractivity contribution >= 4 is 34.9 Å². The molecule has 2 aromatic heterocycles. The number of ether oxygens (including phenoxy) is 1. The third-order valence-corrected chi connectivity index (χ3v) is 5.01. The number of imidazole rings is 1. The van der Waals surface area contributed by atoms with Crippen molar-refractivity contribution in [1.82, 2.24) is 19.1 Å². The Morgan fingerprint density at radius 1 is 1.16 bits per heavy atom. The fourth-order valence-corrected chi connectivity index (χ4v) is 3.23. The average Bonchev–Trinajstić information content (AvgIpc) is 3.13. The number of nitrogens with one attached hydrogen (secondary N) is 2. The van der Waals surface area contributed by atoms with Crippen LogP contribution in [0.25, 0.3) is 11.2 Å². The molecule has 0 aliphatic carbocycles. The Kier molecular flexibility index (Phi) is 5.59. The van der Waals surface area contributed by atoms with Crippen LogP contribution in [0.15, 0.2) is 63.2 Å². The summed E-state index contributed by atoms with van der Waals surface area (Å²) in [6, 6.07) is 14.6. The van der Waals surface area contributed by atoms with Gasteiger partial charge in [0.1, 0.15) is 5.75 Å². The summed E-state index contributed by atoms with van der Waals surface area (Å²) in [5.41, 5.74) is 4.09. The molecule has 0 unspecified atom stereocenters. The van der Waals surface area contributed by atoms with Gasteiger partial charge in [0, 0.05) is 12.1 Å². The topological polar surface area (TPSA) is 106 Å². The summed E-state index contributed by atoms with van der Waals surface area (Å²) in [5, 5.41) is 4.85. The van der Waals surface area contributed by atoms with Gasteiger partial charge in [-0.25, -0.2) is 10.2 Å². The molecule has 4 rings (SSSR count). The van der Waals surface area contributed by atoms with Crippen molar-refractivity contribution < 1.29 is 4.74 Å². The Balaban J connectivity index is 1.73. The number of fused-ring (bicyclic) bond motifs is 1. The molecule has 0 radical (unpaired) electrons. The number of halogens is 1. The van der Waals surface area contributed by atoms with Crippen LogP contribution in [-0.4, -0.2) is 32.4 Å². The second-order valence-electron chi connectivity index (χ2n) is 6.78. The predicted molar refractivity (Wildman–Crippen MR) is 120 cm³/mol.